The zero-order chi connectivity index (χ0) is 15.8. The van der Waals surface area contributed by atoms with Gasteiger partial charge in [-0.3, -0.25) is 4.79 Å². The number of hydrogen-bond donors (Lipinski definition) is 0. The smallest absolute Gasteiger partial charge is 0.260 e. The van der Waals surface area contributed by atoms with Crippen LogP contribution < -0.4 is 9.80 Å². The molecule has 2 aromatic carbocycles. The zero-order valence-corrected chi connectivity index (χ0v) is 13.3. The average molecular weight is 304 g/mol. The number of benzene rings is 2. The third-order valence-corrected chi connectivity index (χ3v) is 4.76. The number of anilines is 3. The van der Waals surface area contributed by atoms with Crippen LogP contribution in [-0.2, 0) is 0 Å². The number of para-hydroxylation sites is 3. The second-order valence-electron chi connectivity index (χ2n) is 6.17. The third kappa shape index (κ3) is 2.24. The van der Waals surface area contributed by atoms with Crippen LogP contribution in [0.4, 0.5) is 17.1 Å². The van der Waals surface area contributed by atoms with Crippen molar-refractivity contribution in [3.05, 3.63) is 66.2 Å². The summed E-state index contributed by atoms with van der Waals surface area (Å²) in [7, 11) is 1.86. The SMILES string of the molecule is CN1C(=O)c2ccccc2N(C2C=CCCC2)c2ccccc21. The summed E-state index contributed by atoms with van der Waals surface area (Å²) in [5.74, 6) is 0.0512. The first-order valence-corrected chi connectivity index (χ1v) is 8.19. The Hall–Kier alpha value is -2.55. The molecule has 0 saturated carbocycles. The summed E-state index contributed by atoms with van der Waals surface area (Å²) in [6.45, 7) is 0. The van der Waals surface area contributed by atoms with E-state index >= 15 is 0 Å². The maximum Gasteiger partial charge on any atom is 0.260 e. The van der Waals surface area contributed by atoms with Gasteiger partial charge in [0.15, 0.2) is 0 Å². The number of allylic oxidation sites excluding steroid dienone is 1. The molecule has 3 heteroatoms. The molecule has 0 spiro atoms. The Bertz CT molecular complexity index is 781. The van der Waals surface area contributed by atoms with Crippen LogP contribution in [0.5, 0.6) is 0 Å². The Morgan fingerprint density at radius 3 is 2.39 bits per heavy atom. The first kappa shape index (κ1) is 14.1. The highest BCUT2D eigenvalue weighted by Crippen LogP contribution is 2.42. The van der Waals surface area contributed by atoms with Crippen molar-refractivity contribution >= 4 is 23.0 Å². The molecule has 0 bridgehead atoms. The van der Waals surface area contributed by atoms with Crippen molar-refractivity contribution in [2.45, 2.75) is 25.3 Å². The number of fused-ring (bicyclic) bond motifs is 2. The van der Waals surface area contributed by atoms with Crippen molar-refractivity contribution < 1.29 is 4.79 Å². The van der Waals surface area contributed by atoms with Gasteiger partial charge >= 0.3 is 0 Å². The molecule has 2 aliphatic rings. The van der Waals surface area contributed by atoms with Gasteiger partial charge < -0.3 is 9.80 Å². The van der Waals surface area contributed by atoms with Gasteiger partial charge in [0.05, 0.1) is 28.7 Å². The highest BCUT2D eigenvalue weighted by Gasteiger charge is 2.31. The van der Waals surface area contributed by atoms with E-state index in [0.29, 0.717) is 6.04 Å². The molecule has 23 heavy (non-hydrogen) atoms. The van der Waals surface area contributed by atoms with E-state index in [4.69, 9.17) is 0 Å². The molecule has 0 radical (unpaired) electrons. The van der Waals surface area contributed by atoms with Gasteiger partial charge in [-0.2, -0.15) is 0 Å². The quantitative estimate of drug-likeness (QED) is 0.723. The summed E-state index contributed by atoms with van der Waals surface area (Å²) in [5, 5.41) is 0. The molecule has 0 aromatic heterocycles. The Labute approximate surface area is 136 Å². The van der Waals surface area contributed by atoms with Gasteiger partial charge in [0, 0.05) is 7.05 Å². The molecule has 4 rings (SSSR count). The van der Waals surface area contributed by atoms with E-state index in [9.17, 15) is 4.79 Å². The van der Waals surface area contributed by atoms with Crippen LogP contribution in [0.2, 0.25) is 0 Å². The lowest BCUT2D eigenvalue weighted by atomic mass is 9.99. The number of amides is 1. The molecule has 1 aliphatic heterocycles. The summed E-state index contributed by atoms with van der Waals surface area (Å²) in [6, 6.07) is 16.4. The van der Waals surface area contributed by atoms with E-state index in [1.807, 2.05) is 43.4 Å². The van der Waals surface area contributed by atoms with Crippen LogP contribution in [0.15, 0.2) is 60.7 Å². The summed E-state index contributed by atoms with van der Waals surface area (Å²) >= 11 is 0. The minimum absolute atomic E-state index is 0.0512. The lowest BCUT2D eigenvalue weighted by Gasteiger charge is -2.34. The fraction of sp³-hybridized carbons (Fsp3) is 0.250. The van der Waals surface area contributed by atoms with E-state index in [1.54, 1.807) is 4.90 Å². The van der Waals surface area contributed by atoms with Crippen LogP contribution >= 0.6 is 0 Å². The van der Waals surface area contributed by atoms with Gasteiger partial charge in [-0.25, -0.2) is 0 Å². The predicted molar refractivity (Wildman–Crippen MR) is 94.5 cm³/mol. The van der Waals surface area contributed by atoms with Crippen LogP contribution in [0.25, 0.3) is 0 Å². The van der Waals surface area contributed by atoms with Crippen molar-refractivity contribution in [1.29, 1.82) is 0 Å². The largest absolute Gasteiger partial charge is 0.332 e. The van der Waals surface area contributed by atoms with Crippen molar-refractivity contribution in [2.24, 2.45) is 0 Å². The second kappa shape index (κ2) is 5.58. The molecule has 1 unspecified atom stereocenters. The van der Waals surface area contributed by atoms with Gasteiger partial charge in [-0.15, -0.1) is 0 Å². The van der Waals surface area contributed by atoms with Crippen LogP contribution in [-0.4, -0.2) is 19.0 Å². The van der Waals surface area contributed by atoms with Gasteiger partial charge in [0.1, 0.15) is 0 Å². The maximum atomic E-state index is 12.9. The van der Waals surface area contributed by atoms with Crippen LogP contribution in [0, 0.1) is 0 Å². The molecule has 116 valence electrons. The highest BCUT2D eigenvalue weighted by molar-refractivity contribution is 6.13. The number of carbonyl (C=O) groups excluding carboxylic acids is 1. The normalized spacial score (nSPS) is 20.0. The molecule has 2 aromatic rings. The van der Waals surface area contributed by atoms with Gasteiger partial charge in [-0.05, 0) is 43.5 Å². The molecular weight excluding hydrogens is 284 g/mol. The summed E-state index contributed by atoms with van der Waals surface area (Å²) in [5.41, 5.74) is 3.84. The molecule has 1 heterocycles. The summed E-state index contributed by atoms with van der Waals surface area (Å²) in [6.07, 6.45) is 7.98. The van der Waals surface area contributed by atoms with E-state index in [0.717, 1.165) is 35.5 Å². The van der Waals surface area contributed by atoms with E-state index in [-0.39, 0.29) is 5.91 Å². The van der Waals surface area contributed by atoms with Gasteiger partial charge in [0.2, 0.25) is 0 Å². The van der Waals surface area contributed by atoms with E-state index in [1.165, 1.54) is 6.42 Å². The molecule has 0 N–H and O–H groups in total. The molecule has 1 atom stereocenters. The minimum atomic E-state index is 0.0512. The summed E-state index contributed by atoms with van der Waals surface area (Å²) in [4.78, 5) is 17.0. The fourth-order valence-corrected chi connectivity index (χ4v) is 3.60. The Morgan fingerprint density at radius 2 is 1.65 bits per heavy atom. The molecular formula is C20H20N2O. The van der Waals surface area contributed by atoms with Crippen molar-refractivity contribution in [3.8, 4) is 0 Å². The Morgan fingerprint density at radius 1 is 0.957 bits per heavy atom. The lowest BCUT2D eigenvalue weighted by molar-refractivity contribution is 0.0994. The molecule has 0 saturated heterocycles. The number of nitrogens with zero attached hydrogens (tertiary/aromatic N) is 2. The van der Waals surface area contributed by atoms with Crippen LogP contribution in [0.3, 0.4) is 0 Å². The molecule has 1 amide bonds. The van der Waals surface area contributed by atoms with Crippen LogP contribution in [0.1, 0.15) is 29.6 Å². The van der Waals surface area contributed by atoms with Crippen molar-refractivity contribution in [2.75, 3.05) is 16.8 Å². The predicted octanol–water partition coefficient (Wildman–Crippen LogP) is 4.52. The minimum Gasteiger partial charge on any atom is -0.332 e. The molecule has 0 fully saturated rings. The Kier molecular flexibility index (Phi) is 3.41. The average Bonchev–Trinajstić information content (AvgIpc) is 2.71. The standard InChI is InChI=1S/C20H20N2O/c1-21-18-13-7-8-14-19(18)22(15-9-3-2-4-10-15)17-12-6-5-11-16(17)20(21)23/h3,5-9,11-15H,2,4,10H2,1H3. The molecule has 3 nitrogen and oxygen atoms in total. The van der Waals surface area contributed by atoms with E-state index < -0.39 is 0 Å². The monoisotopic (exact) mass is 304 g/mol. The maximum absolute atomic E-state index is 12.9. The number of hydrogen-bond acceptors (Lipinski definition) is 2. The number of rotatable bonds is 1. The van der Waals surface area contributed by atoms with Gasteiger partial charge in [-0.1, -0.05) is 36.4 Å². The Balaban J connectivity index is 1.98. The topological polar surface area (TPSA) is 23.6 Å². The van der Waals surface area contributed by atoms with Crippen molar-refractivity contribution in [3.63, 3.8) is 0 Å². The molecule has 1 aliphatic carbocycles. The van der Waals surface area contributed by atoms with Gasteiger partial charge in [0.25, 0.3) is 5.91 Å². The first-order chi connectivity index (χ1) is 11.3. The number of carbonyl (C=O) groups is 1. The first-order valence-electron chi connectivity index (χ1n) is 8.19. The van der Waals surface area contributed by atoms with Crippen molar-refractivity contribution in [1.82, 2.24) is 0 Å². The highest BCUT2D eigenvalue weighted by atomic mass is 16.2. The summed E-state index contributed by atoms with van der Waals surface area (Å²) < 4.78 is 0. The fourth-order valence-electron chi connectivity index (χ4n) is 3.60. The lowest BCUT2D eigenvalue weighted by Crippen LogP contribution is -2.31. The zero-order valence-electron chi connectivity index (χ0n) is 13.3. The van der Waals surface area contributed by atoms with E-state index in [2.05, 4.69) is 29.2 Å². The third-order valence-electron chi connectivity index (χ3n) is 4.76. The second-order valence-corrected chi connectivity index (χ2v) is 6.17.